The van der Waals surface area contributed by atoms with Crippen LogP contribution in [0.25, 0.3) is 0 Å². The van der Waals surface area contributed by atoms with Crippen LogP contribution in [0, 0.1) is 5.41 Å². The molecule has 0 atom stereocenters. The van der Waals surface area contributed by atoms with Gasteiger partial charge in [-0.05, 0) is 12.5 Å². The summed E-state index contributed by atoms with van der Waals surface area (Å²) in [6.07, 6.45) is 2.28. The second kappa shape index (κ2) is 4.43. The maximum atomic E-state index is 12.4. The first-order valence-electron chi connectivity index (χ1n) is 6.14. The molecule has 0 radical (unpaired) electrons. The van der Waals surface area contributed by atoms with E-state index in [1.165, 1.54) is 23.7 Å². The van der Waals surface area contributed by atoms with Gasteiger partial charge in [-0.15, -0.1) is 0 Å². The lowest BCUT2D eigenvalue weighted by Crippen LogP contribution is -2.58. The molecule has 0 N–H and O–H groups in total. The third-order valence-corrected chi connectivity index (χ3v) is 5.54. The summed E-state index contributed by atoms with van der Waals surface area (Å²) in [6.45, 7) is 2.49. The first-order chi connectivity index (χ1) is 9.06. The van der Waals surface area contributed by atoms with Gasteiger partial charge >= 0.3 is 0 Å². The standard InChI is InChI=1S/C12H16N2O4S/c1-17-11-3-2-10(6-13-11)19(15,16)14-7-12(8-14)4-5-18-9-12/h2-3,6H,4-5,7-9H2,1H3. The number of nitrogens with zero attached hydrogens (tertiary/aromatic N) is 2. The molecule has 19 heavy (non-hydrogen) atoms. The van der Waals surface area contributed by atoms with Crippen LogP contribution in [0.15, 0.2) is 23.2 Å². The molecule has 0 aliphatic carbocycles. The number of aromatic nitrogens is 1. The summed E-state index contributed by atoms with van der Waals surface area (Å²) < 4.78 is 36.5. The van der Waals surface area contributed by atoms with Gasteiger partial charge in [0.1, 0.15) is 4.90 Å². The predicted octanol–water partition coefficient (Wildman–Crippen LogP) is 0.501. The molecule has 0 saturated carbocycles. The second-order valence-corrected chi connectivity index (χ2v) is 7.05. The van der Waals surface area contributed by atoms with Crippen molar-refractivity contribution in [2.45, 2.75) is 11.3 Å². The lowest BCUT2D eigenvalue weighted by Gasteiger charge is -2.45. The van der Waals surface area contributed by atoms with Gasteiger partial charge in [-0.3, -0.25) is 0 Å². The number of ether oxygens (including phenoxy) is 2. The maximum absolute atomic E-state index is 12.4. The van der Waals surface area contributed by atoms with Crippen LogP contribution in [0.5, 0.6) is 5.88 Å². The Labute approximate surface area is 112 Å². The lowest BCUT2D eigenvalue weighted by atomic mass is 9.81. The van der Waals surface area contributed by atoms with Gasteiger partial charge < -0.3 is 9.47 Å². The Morgan fingerprint density at radius 1 is 1.42 bits per heavy atom. The average Bonchev–Trinajstić information content (AvgIpc) is 2.86. The molecule has 104 valence electrons. The molecule has 2 fully saturated rings. The molecule has 7 heteroatoms. The Morgan fingerprint density at radius 2 is 2.21 bits per heavy atom. The zero-order chi connectivity index (χ0) is 13.5. The van der Waals surface area contributed by atoms with Crippen molar-refractivity contribution < 1.29 is 17.9 Å². The summed E-state index contributed by atoms with van der Waals surface area (Å²) in [6, 6.07) is 3.08. The van der Waals surface area contributed by atoms with Crippen molar-refractivity contribution in [2.75, 3.05) is 33.4 Å². The zero-order valence-corrected chi connectivity index (χ0v) is 11.5. The molecular weight excluding hydrogens is 268 g/mol. The number of hydrogen-bond acceptors (Lipinski definition) is 5. The first-order valence-corrected chi connectivity index (χ1v) is 7.58. The smallest absolute Gasteiger partial charge is 0.244 e. The largest absolute Gasteiger partial charge is 0.481 e. The number of sulfonamides is 1. The monoisotopic (exact) mass is 284 g/mol. The Hall–Kier alpha value is -1.18. The molecule has 6 nitrogen and oxygen atoms in total. The lowest BCUT2D eigenvalue weighted by molar-refractivity contribution is 0.0512. The third-order valence-electron chi connectivity index (χ3n) is 3.76. The van der Waals surface area contributed by atoms with Crippen LogP contribution in [0.2, 0.25) is 0 Å². The van der Waals surface area contributed by atoms with E-state index in [4.69, 9.17) is 9.47 Å². The fourth-order valence-electron chi connectivity index (χ4n) is 2.56. The summed E-state index contributed by atoms with van der Waals surface area (Å²) in [7, 11) is -1.94. The summed E-state index contributed by atoms with van der Waals surface area (Å²) in [4.78, 5) is 4.15. The molecule has 2 saturated heterocycles. The summed E-state index contributed by atoms with van der Waals surface area (Å²) in [5.41, 5.74) is 0.0486. The molecule has 0 amide bonds. The van der Waals surface area contributed by atoms with Crippen molar-refractivity contribution in [1.29, 1.82) is 0 Å². The molecule has 2 aliphatic heterocycles. The van der Waals surface area contributed by atoms with Crippen LogP contribution in [0.3, 0.4) is 0 Å². The van der Waals surface area contributed by atoms with E-state index in [0.717, 1.165) is 13.0 Å². The number of methoxy groups -OCH3 is 1. The molecule has 2 aliphatic rings. The van der Waals surface area contributed by atoms with Gasteiger partial charge in [-0.1, -0.05) is 0 Å². The van der Waals surface area contributed by atoms with E-state index in [2.05, 4.69) is 4.98 Å². The maximum Gasteiger partial charge on any atom is 0.244 e. The highest BCUT2D eigenvalue weighted by Gasteiger charge is 2.50. The SMILES string of the molecule is COc1ccc(S(=O)(=O)N2CC3(CCOC3)C2)cn1. The van der Waals surface area contributed by atoms with Crippen molar-refractivity contribution in [2.24, 2.45) is 5.41 Å². The normalized spacial score (nSPS) is 22.4. The van der Waals surface area contributed by atoms with Crippen LogP contribution in [-0.4, -0.2) is 51.1 Å². The zero-order valence-electron chi connectivity index (χ0n) is 10.7. The van der Waals surface area contributed by atoms with E-state index in [1.54, 1.807) is 6.07 Å². The summed E-state index contributed by atoms with van der Waals surface area (Å²) >= 11 is 0. The van der Waals surface area contributed by atoms with Crippen molar-refractivity contribution in [3.05, 3.63) is 18.3 Å². The van der Waals surface area contributed by atoms with Crippen LogP contribution in [0.4, 0.5) is 0 Å². The fraction of sp³-hybridized carbons (Fsp3) is 0.583. The Morgan fingerprint density at radius 3 is 2.74 bits per heavy atom. The topological polar surface area (TPSA) is 68.7 Å². The van der Waals surface area contributed by atoms with E-state index in [-0.39, 0.29) is 10.3 Å². The number of pyridine rings is 1. The quantitative estimate of drug-likeness (QED) is 0.808. The van der Waals surface area contributed by atoms with E-state index < -0.39 is 10.0 Å². The molecule has 3 heterocycles. The van der Waals surface area contributed by atoms with Gasteiger partial charge in [0.2, 0.25) is 15.9 Å². The van der Waals surface area contributed by atoms with Crippen molar-refractivity contribution in [3.8, 4) is 5.88 Å². The highest BCUT2D eigenvalue weighted by atomic mass is 32.2. The van der Waals surface area contributed by atoms with E-state index >= 15 is 0 Å². The van der Waals surface area contributed by atoms with E-state index in [1.807, 2.05) is 0 Å². The number of rotatable bonds is 3. The highest BCUT2D eigenvalue weighted by Crippen LogP contribution is 2.40. The highest BCUT2D eigenvalue weighted by molar-refractivity contribution is 7.89. The van der Waals surface area contributed by atoms with Gasteiger partial charge in [-0.25, -0.2) is 13.4 Å². The Bertz CT molecular complexity index is 556. The van der Waals surface area contributed by atoms with E-state index in [9.17, 15) is 8.42 Å². The van der Waals surface area contributed by atoms with Gasteiger partial charge in [-0.2, -0.15) is 4.31 Å². The third kappa shape index (κ3) is 2.11. The summed E-state index contributed by atoms with van der Waals surface area (Å²) in [5.74, 6) is 0.406. The minimum atomic E-state index is -3.43. The van der Waals surface area contributed by atoms with Crippen LogP contribution < -0.4 is 4.74 Å². The molecule has 0 unspecified atom stereocenters. The molecule has 1 aromatic heterocycles. The van der Waals surface area contributed by atoms with Gasteiger partial charge in [0.05, 0.1) is 19.9 Å². The number of hydrogen-bond donors (Lipinski definition) is 0. The van der Waals surface area contributed by atoms with Gasteiger partial charge in [0.15, 0.2) is 0 Å². The Kier molecular flexibility index (Phi) is 2.99. The van der Waals surface area contributed by atoms with Crippen LogP contribution in [0.1, 0.15) is 6.42 Å². The molecule has 0 bridgehead atoms. The van der Waals surface area contributed by atoms with Crippen molar-refractivity contribution in [1.82, 2.24) is 9.29 Å². The van der Waals surface area contributed by atoms with Crippen molar-refractivity contribution >= 4 is 10.0 Å². The molecule has 0 aromatic carbocycles. The molecule has 3 rings (SSSR count). The van der Waals surface area contributed by atoms with Gasteiger partial charge in [0.25, 0.3) is 0 Å². The van der Waals surface area contributed by atoms with Crippen LogP contribution >= 0.6 is 0 Å². The van der Waals surface area contributed by atoms with Crippen LogP contribution in [-0.2, 0) is 14.8 Å². The Balaban J connectivity index is 1.76. The van der Waals surface area contributed by atoms with Gasteiger partial charge in [0, 0.05) is 31.2 Å². The van der Waals surface area contributed by atoms with Crippen molar-refractivity contribution in [3.63, 3.8) is 0 Å². The average molecular weight is 284 g/mol. The van der Waals surface area contributed by atoms with E-state index in [0.29, 0.717) is 25.6 Å². The molecule has 1 spiro atoms. The summed E-state index contributed by atoms with van der Waals surface area (Å²) in [5, 5.41) is 0. The minimum Gasteiger partial charge on any atom is -0.481 e. The fourth-order valence-corrected chi connectivity index (χ4v) is 4.17. The molecule has 1 aromatic rings. The first kappa shape index (κ1) is 12.8. The second-order valence-electron chi connectivity index (χ2n) is 5.11. The molecular formula is C12H16N2O4S. The predicted molar refractivity (Wildman–Crippen MR) is 67.4 cm³/mol. The minimum absolute atomic E-state index is 0.0486.